The first-order valence-electron chi connectivity index (χ1n) is 5.87. The van der Waals surface area contributed by atoms with Gasteiger partial charge in [-0.2, -0.15) is 0 Å². The number of ether oxygens (including phenoxy) is 2. The Kier molecular flexibility index (Phi) is 6.10. The number of nitrogens with zero attached hydrogens (tertiary/aromatic N) is 1. The zero-order chi connectivity index (χ0) is 13.4. The second-order valence-electron chi connectivity index (χ2n) is 3.72. The lowest BCUT2D eigenvalue weighted by molar-refractivity contribution is -0.385. The normalized spacial score (nSPS) is 10.3. The molecular formula is C12H18N2O4. The van der Waals surface area contributed by atoms with Gasteiger partial charge in [0.05, 0.1) is 11.5 Å². The van der Waals surface area contributed by atoms with Gasteiger partial charge < -0.3 is 15.2 Å². The first-order chi connectivity index (χ1) is 8.69. The number of nitro benzene ring substituents is 1. The summed E-state index contributed by atoms with van der Waals surface area (Å²) >= 11 is 0. The van der Waals surface area contributed by atoms with E-state index < -0.39 is 4.92 Å². The standard InChI is InChI=1S/C12H18N2O4/c1-2-5-17-6-7-18-12-8-10(9-13)3-4-11(12)14(15)16/h3-4,8H,2,5-7,9,13H2,1H3. The van der Waals surface area contributed by atoms with Crippen LogP contribution in [-0.4, -0.2) is 24.7 Å². The van der Waals surface area contributed by atoms with E-state index in [0.29, 0.717) is 19.8 Å². The van der Waals surface area contributed by atoms with E-state index in [1.807, 2.05) is 6.92 Å². The van der Waals surface area contributed by atoms with Crippen LogP contribution in [0.3, 0.4) is 0 Å². The number of hydrogen-bond acceptors (Lipinski definition) is 5. The lowest BCUT2D eigenvalue weighted by Gasteiger charge is -2.08. The second-order valence-corrected chi connectivity index (χ2v) is 3.72. The highest BCUT2D eigenvalue weighted by Gasteiger charge is 2.15. The van der Waals surface area contributed by atoms with Crippen molar-refractivity contribution in [1.29, 1.82) is 0 Å². The molecule has 1 rings (SSSR count). The Morgan fingerprint density at radius 1 is 1.33 bits per heavy atom. The van der Waals surface area contributed by atoms with Gasteiger partial charge in [0, 0.05) is 19.2 Å². The van der Waals surface area contributed by atoms with Gasteiger partial charge >= 0.3 is 5.69 Å². The highest BCUT2D eigenvalue weighted by Crippen LogP contribution is 2.27. The minimum Gasteiger partial charge on any atom is -0.484 e. The van der Waals surface area contributed by atoms with Crippen molar-refractivity contribution in [3.63, 3.8) is 0 Å². The predicted octanol–water partition coefficient (Wildman–Crippen LogP) is 1.86. The van der Waals surface area contributed by atoms with Gasteiger partial charge in [0.25, 0.3) is 0 Å². The summed E-state index contributed by atoms with van der Waals surface area (Å²) in [6.07, 6.45) is 0.933. The molecule has 0 aliphatic rings. The molecule has 18 heavy (non-hydrogen) atoms. The van der Waals surface area contributed by atoms with Crippen LogP contribution in [0.4, 0.5) is 5.69 Å². The number of nitrogens with two attached hydrogens (primary N) is 1. The molecule has 0 saturated heterocycles. The molecule has 0 amide bonds. The lowest BCUT2D eigenvalue weighted by atomic mass is 10.2. The molecular weight excluding hydrogens is 236 g/mol. The summed E-state index contributed by atoms with van der Waals surface area (Å²) in [6.45, 7) is 3.69. The largest absolute Gasteiger partial charge is 0.484 e. The van der Waals surface area contributed by atoms with Crippen molar-refractivity contribution in [2.75, 3.05) is 19.8 Å². The molecule has 6 nitrogen and oxygen atoms in total. The van der Waals surface area contributed by atoms with E-state index in [-0.39, 0.29) is 18.0 Å². The van der Waals surface area contributed by atoms with Crippen molar-refractivity contribution in [1.82, 2.24) is 0 Å². The van der Waals surface area contributed by atoms with E-state index in [9.17, 15) is 10.1 Å². The Hall–Kier alpha value is -1.66. The van der Waals surface area contributed by atoms with Crippen LogP contribution in [0, 0.1) is 10.1 Å². The average Bonchev–Trinajstić information content (AvgIpc) is 2.38. The van der Waals surface area contributed by atoms with Crippen molar-refractivity contribution in [3.8, 4) is 5.75 Å². The zero-order valence-corrected chi connectivity index (χ0v) is 10.4. The Morgan fingerprint density at radius 3 is 2.72 bits per heavy atom. The third-order valence-electron chi connectivity index (χ3n) is 2.29. The van der Waals surface area contributed by atoms with E-state index in [4.69, 9.17) is 15.2 Å². The van der Waals surface area contributed by atoms with Crippen LogP contribution in [0.15, 0.2) is 18.2 Å². The molecule has 0 unspecified atom stereocenters. The number of benzene rings is 1. The maximum atomic E-state index is 10.8. The van der Waals surface area contributed by atoms with E-state index in [1.165, 1.54) is 6.07 Å². The Balaban J connectivity index is 2.63. The second kappa shape index (κ2) is 7.62. The summed E-state index contributed by atoms with van der Waals surface area (Å²) in [5.41, 5.74) is 6.23. The van der Waals surface area contributed by atoms with Gasteiger partial charge in [0.2, 0.25) is 0 Å². The van der Waals surface area contributed by atoms with Gasteiger partial charge in [-0.05, 0) is 18.1 Å². The fourth-order valence-electron chi connectivity index (χ4n) is 1.41. The molecule has 0 aliphatic carbocycles. The fraction of sp³-hybridized carbons (Fsp3) is 0.500. The topological polar surface area (TPSA) is 87.6 Å². The van der Waals surface area contributed by atoms with Gasteiger partial charge in [-0.1, -0.05) is 13.0 Å². The SMILES string of the molecule is CCCOCCOc1cc(CN)ccc1[N+](=O)[O-]. The summed E-state index contributed by atoms with van der Waals surface area (Å²) < 4.78 is 10.6. The molecule has 1 aromatic carbocycles. The van der Waals surface area contributed by atoms with Crippen LogP contribution in [-0.2, 0) is 11.3 Å². The van der Waals surface area contributed by atoms with E-state index in [0.717, 1.165) is 12.0 Å². The van der Waals surface area contributed by atoms with E-state index in [1.54, 1.807) is 12.1 Å². The maximum Gasteiger partial charge on any atom is 0.310 e. The zero-order valence-electron chi connectivity index (χ0n) is 10.4. The Bertz CT molecular complexity index is 396. The van der Waals surface area contributed by atoms with Crippen LogP contribution in [0.1, 0.15) is 18.9 Å². The van der Waals surface area contributed by atoms with Gasteiger partial charge in [-0.15, -0.1) is 0 Å². The predicted molar refractivity (Wildman–Crippen MR) is 67.6 cm³/mol. The lowest BCUT2D eigenvalue weighted by Crippen LogP contribution is -2.09. The molecule has 0 aromatic heterocycles. The molecule has 0 radical (unpaired) electrons. The summed E-state index contributed by atoms with van der Waals surface area (Å²) in [6, 6.07) is 4.63. The number of rotatable bonds is 8. The van der Waals surface area contributed by atoms with Gasteiger partial charge in [0.1, 0.15) is 6.61 Å². The van der Waals surface area contributed by atoms with Crippen LogP contribution in [0.25, 0.3) is 0 Å². The van der Waals surface area contributed by atoms with E-state index in [2.05, 4.69) is 0 Å². The van der Waals surface area contributed by atoms with Crippen LogP contribution >= 0.6 is 0 Å². The Labute approximate surface area is 106 Å². The molecule has 0 atom stereocenters. The van der Waals surface area contributed by atoms with Crippen molar-refractivity contribution < 1.29 is 14.4 Å². The molecule has 100 valence electrons. The molecule has 6 heteroatoms. The Morgan fingerprint density at radius 2 is 2.11 bits per heavy atom. The number of hydrogen-bond donors (Lipinski definition) is 1. The molecule has 0 bridgehead atoms. The summed E-state index contributed by atoms with van der Waals surface area (Å²) in [5, 5.41) is 10.8. The first-order valence-corrected chi connectivity index (χ1v) is 5.87. The average molecular weight is 254 g/mol. The highest BCUT2D eigenvalue weighted by molar-refractivity contribution is 5.48. The van der Waals surface area contributed by atoms with Crippen molar-refractivity contribution in [3.05, 3.63) is 33.9 Å². The smallest absolute Gasteiger partial charge is 0.310 e. The van der Waals surface area contributed by atoms with Crippen molar-refractivity contribution >= 4 is 5.69 Å². The number of nitro groups is 1. The monoisotopic (exact) mass is 254 g/mol. The van der Waals surface area contributed by atoms with Gasteiger partial charge in [-0.3, -0.25) is 10.1 Å². The molecule has 2 N–H and O–H groups in total. The summed E-state index contributed by atoms with van der Waals surface area (Å²) in [4.78, 5) is 10.3. The minimum atomic E-state index is -0.470. The summed E-state index contributed by atoms with van der Waals surface area (Å²) in [7, 11) is 0. The molecule has 0 aliphatic heterocycles. The third-order valence-corrected chi connectivity index (χ3v) is 2.29. The molecule has 0 heterocycles. The fourth-order valence-corrected chi connectivity index (χ4v) is 1.41. The van der Waals surface area contributed by atoms with Gasteiger partial charge in [-0.25, -0.2) is 0 Å². The maximum absolute atomic E-state index is 10.8. The van der Waals surface area contributed by atoms with Crippen LogP contribution in [0.5, 0.6) is 5.75 Å². The highest BCUT2D eigenvalue weighted by atomic mass is 16.6. The first kappa shape index (κ1) is 14.4. The van der Waals surface area contributed by atoms with Crippen LogP contribution < -0.4 is 10.5 Å². The molecule has 1 aromatic rings. The summed E-state index contributed by atoms with van der Waals surface area (Å²) in [5.74, 6) is 0.239. The molecule has 0 fully saturated rings. The van der Waals surface area contributed by atoms with Crippen LogP contribution in [0.2, 0.25) is 0 Å². The van der Waals surface area contributed by atoms with Crippen molar-refractivity contribution in [2.24, 2.45) is 5.73 Å². The van der Waals surface area contributed by atoms with Crippen molar-refractivity contribution in [2.45, 2.75) is 19.9 Å². The third kappa shape index (κ3) is 4.31. The molecule has 0 spiro atoms. The quantitative estimate of drug-likeness (QED) is 0.434. The molecule has 0 saturated carbocycles. The van der Waals surface area contributed by atoms with E-state index >= 15 is 0 Å². The van der Waals surface area contributed by atoms with Gasteiger partial charge in [0.15, 0.2) is 5.75 Å². The minimum absolute atomic E-state index is 0.0531.